The molecule has 0 bridgehead atoms. The Morgan fingerprint density at radius 1 is 1.43 bits per heavy atom. The number of nitrogens with one attached hydrogen (secondary N) is 1. The lowest BCUT2D eigenvalue weighted by atomic mass is 10.1. The highest BCUT2D eigenvalue weighted by Crippen LogP contribution is 2.22. The lowest BCUT2D eigenvalue weighted by Crippen LogP contribution is -2.43. The van der Waals surface area contributed by atoms with E-state index in [9.17, 15) is 22.8 Å². The molecule has 1 aromatic heterocycles. The van der Waals surface area contributed by atoms with Crippen LogP contribution in [-0.2, 0) is 17.8 Å². The number of rotatable bonds is 4. The van der Waals surface area contributed by atoms with E-state index in [0.717, 1.165) is 12.8 Å². The number of carboxylic acid groups (broad SMARTS) is 1. The van der Waals surface area contributed by atoms with Crippen molar-refractivity contribution in [3.63, 3.8) is 0 Å². The summed E-state index contributed by atoms with van der Waals surface area (Å²) in [5.41, 5.74) is 0.776. The monoisotopic (exact) mass is 305 g/mol. The van der Waals surface area contributed by atoms with E-state index >= 15 is 0 Å². The van der Waals surface area contributed by atoms with Gasteiger partial charge in [0.05, 0.1) is 23.9 Å². The number of alkyl halides is 3. The minimum atomic E-state index is -4.67. The smallest absolute Gasteiger partial charge is 0.391 e. The fraction of sp³-hybridized carbons (Fsp3) is 0.583. The van der Waals surface area contributed by atoms with Gasteiger partial charge >= 0.3 is 12.1 Å². The van der Waals surface area contributed by atoms with Crippen LogP contribution >= 0.6 is 0 Å². The zero-order valence-electron chi connectivity index (χ0n) is 11.0. The second-order valence-corrected chi connectivity index (χ2v) is 4.87. The Balaban J connectivity index is 2.12. The molecule has 1 aromatic rings. The molecule has 116 valence electrons. The summed E-state index contributed by atoms with van der Waals surface area (Å²) < 4.78 is 38.5. The highest BCUT2D eigenvalue weighted by atomic mass is 19.4. The molecule has 21 heavy (non-hydrogen) atoms. The summed E-state index contributed by atoms with van der Waals surface area (Å²) in [4.78, 5) is 22.8. The zero-order chi connectivity index (χ0) is 15.6. The number of carbonyl (C=O) groups excluding carboxylic acids is 1. The third kappa shape index (κ3) is 3.73. The van der Waals surface area contributed by atoms with Crippen LogP contribution in [0.2, 0.25) is 0 Å². The number of amides is 1. The van der Waals surface area contributed by atoms with Gasteiger partial charge in [0.15, 0.2) is 0 Å². The van der Waals surface area contributed by atoms with Gasteiger partial charge in [0.2, 0.25) is 0 Å². The lowest BCUT2D eigenvalue weighted by Gasteiger charge is -2.17. The lowest BCUT2D eigenvalue weighted by molar-refractivity contribution is -0.157. The molecule has 0 saturated carbocycles. The Labute approximate surface area is 117 Å². The fourth-order valence-electron chi connectivity index (χ4n) is 2.28. The van der Waals surface area contributed by atoms with Gasteiger partial charge < -0.3 is 10.4 Å². The number of fused-ring (bicyclic) bond motifs is 1. The van der Waals surface area contributed by atoms with Crippen molar-refractivity contribution in [2.45, 2.75) is 44.4 Å². The number of hydrogen-bond donors (Lipinski definition) is 2. The molecule has 9 heteroatoms. The van der Waals surface area contributed by atoms with Crippen LogP contribution < -0.4 is 5.32 Å². The van der Waals surface area contributed by atoms with Crippen LogP contribution in [0.25, 0.3) is 0 Å². The van der Waals surface area contributed by atoms with E-state index in [2.05, 4.69) is 5.10 Å². The molecule has 1 aliphatic heterocycles. The molecular weight excluding hydrogens is 291 g/mol. The first-order valence-corrected chi connectivity index (χ1v) is 6.43. The summed E-state index contributed by atoms with van der Waals surface area (Å²) in [6.45, 7) is 0.646. The van der Waals surface area contributed by atoms with E-state index in [-0.39, 0.29) is 5.56 Å². The van der Waals surface area contributed by atoms with Gasteiger partial charge in [-0.1, -0.05) is 0 Å². The minimum absolute atomic E-state index is 0.142. The van der Waals surface area contributed by atoms with E-state index in [1.807, 2.05) is 5.32 Å². The molecule has 1 amide bonds. The quantitative estimate of drug-likeness (QED) is 0.879. The summed E-state index contributed by atoms with van der Waals surface area (Å²) in [6.07, 6.45) is -2.65. The van der Waals surface area contributed by atoms with Gasteiger partial charge in [0.1, 0.15) is 6.04 Å². The Morgan fingerprint density at radius 3 is 2.76 bits per heavy atom. The average Bonchev–Trinajstić information content (AvgIpc) is 2.80. The number of hydrogen-bond acceptors (Lipinski definition) is 3. The standard InChI is InChI=1S/C12H14F3N3O3/c13-12(14,15)5-8(11(20)21)17-10(19)7-6-16-18-4-2-1-3-9(7)18/h6,8H,1-5H2,(H,17,19)(H,20,21). The van der Waals surface area contributed by atoms with Gasteiger partial charge in [-0.05, 0) is 19.3 Å². The Hall–Kier alpha value is -2.06. The molecule has 0 spiro atoms. The van der Waals surface area contributed by atoms with Crippen LogP contribution in [0.5, 0.6) is 0 Å². The normalized spacial score (nSPS) is 16.1. The Morgan fingerprint density at radius 2 is 2.14 bits per heavy atom. The average molecular weight is 305 g/mol. The fourth-order valence-corrected chi connectivity index (χ4v) is 2.28. The molecule has 0 aromatic carbocycles. The predicted octanol–water partition coefficient (Wildman–Crippen LogP) is 1.35. The summed E-state index contributed by atoms with van der Waals surface area (Å²) in [5.74, 6) is -2.56. The first kappa shape index (κ1) is 15.3. The number of halogens is 3. The molecule has 0 fully saturated rings. The van der Waals surface area contributed by atoms with Gasteiger partial charge in [0, 0.05) is 6.54 Å². The third-order valence-corrected chi connectivity index (χ3v) is 3.27. The van der Waals surface area contributed by atoms with Crippen LogP contribution in [0.1, 0.15) is 35.3 Å². The molecule has 2 N–H and O–H groups in total. The first-order chi connectivity index (χ1) is 9.78. The molecule has 2 heterocycles. The van der Waals surface area contributed by atoms with Crippen molar-refractivity contribution < 1.29 is 27.9 Å². The van der Waals surface area contributed by atoms with Gasteiger partial charge in [-0.25, -0.2) is 4.79 Å². The highest BCUT2D eigenvalue weighted by Gasteiger charge is 2.36. The van der Waals surface area contributed by atoms with Crippen LogP contribution in [0.3, 0.4) is 0 Å². The third-order valence-electron chi connectivity index (χ3n) is 3.27. The van der Waals surface area contributed by atoms with Crippen LogP contribution in [0, 0.1) is 0 Å². The molecule has 2 rings (SSSR count). The van der Waals surface area contributed by atoms with Gasteiger partial charge in [-0.3, -0.25) is 9.48 Å². The Kier molecular flexibility index (Phi) is 4.19. The van der Waals surface area contributed by atoms with Crippen LogP contribution in [0.4, 0.5) is 13.2 Å². The summed E-state index contributed by atoms with van der Waals surface area (Å²) in [7, 11) is 0. The second-order valence-electron chi connectivity index (χ2n) is 4.87. The van der Waals surface area contributed by atoms with Crippen LogP contribution in [-0.4, -0.2) is 39.0 Å². The topological polar surface area (TPSA) is 84.2 Å². The van der Waals surface area contributed by atoms with E-state index in [0.29, 0.717) is 18.7 Å². The molecule has 1 aliphatic rings. The number of carbonyl (C=O) groups is 2. The predicted molar refractivity (Wildman–Crippen MR) is 64.7 cm³/mol. The van der Waals surface area contributed by atoms with Crippen molar-refractivity contribution in [3.8, 4) is 0 Å². The highest BCUT2D eigenvalue weighted by molar-refractivity contribution is 5.97. The SMILES string of the molecule is O=C(NC(CC(F)(F)F)C(=O)O)c1cnn2c1CCCC2. The maximum atomic E-state index is 12.3. The molecule has 1 unspecified atom stereocenters. The summed E-state index contributed by atoms with van der Waals surface area (Å²) in [5, 5.41) is 14.7. The second kappa shape index (κ2) is 5.74. The van der Waals surface area contributed by atoms with Crippen molar-refractivity contribution in [2.75, 3.05) is 0 Å². The number of aryl methyl sites for hydroxylation is 1. The van der Waals surface area contributed by atoms with E-state index in [1.54, 1.807) is 4.68 Å². The van der Waals surface area contributed by atoms with Crippen molar-refractivity contribution in [1.29, 1.82) is 0 Å². The molecular formula is C12H14F3N3O3. The molecule has 0 radical (unpaired) electrons. The largest absolute Gasteiger partial charge is 0.480 e. The van der Waals surface area contributed by atoms with Gasteiger partial charge in [-0.2, -0.15) is 18.3 Å². The van der Waals surface area contributed by atoms with Gasteiger partial charge in [-0.15, -0.1) is 0 Å². The number of aliphatic carboxylic acids is 1. The van der Waals surface area contributed by atoms with Crippen molar-refractivity contribution >= 4 is 11.9 Å². The Bertz CT molecular complexity index is 554. The van der Waals surface area contributed by atoms with Crippen molar-refractivity contribution in [2.24, 2.45) is 0 Å². The molecule has 6 nitrogen and oxygen atoms in total. The minimum Gasteiger partial charge on any atom is -0.480 e. The maximum Gasteiger partial charge on any atom is 0.391 e. The summed E-state index contributed by atoms with van der Waals surface area (Å²) >= 11 is 0. The maximum absolute atomic E-state index is 12.3. The number of aromatic nitrogens is 2. The first-order valence-electron chi connectivity index (χ1n) is 6.43. The molecule has 0 aliphatic carbocycles. The van der Waals surface area contributed by atoms with E-state index < -0.39 is 30.5 Å². The summed E-state index contributed by atoms with van der Waals surface area (Å²) in [6, 6.07) is -2.00. The van der Waals surface area contributed by atoms with Gasteiger partial charge in [0.25, 0.3) is 5.91 Å². The molecule has 1 atom stereocenters. The van der Waals surface area contributed by atoms with Crippen LogP contribution in [0.15, 0.2) is 6.20 Å². The van der Waals surface area contributed by atoms with E-state index in [4.69, 9.17) is 5.11 Å². The zero-order valence-corrected chi connectivity index (χ0v) is 11.0. The molecule has 0 saturated heterocycles. The van der Waals surface area contributed by atoms with E-state index in [1.165, 1.54) is 6.20 Å². The van der Waals surface area contributed by atoms with Crippen molar-refractivity contribution in [1.82, 2.24) is 15.1 Å². The number of nitrogens with zero attached hydrogens (tertiary/aromatic N) is 2. The van der Waals surface area contributed by atoms with Crippen molar-refractivity contribution in [3.05, 3.63) is 17.5 Å². The number of carboxylic acids is 1.